The number of hydrogen-bond donors (Lipinski definition) is 0. The van der Waals surface area contributed by atoms with E-state index in [2.05, 4.69) is 38.1 Å². The third-order valence-electron chi connectivity index (χ3n) is 5.93. The van der Waals surface area contributed by atoms with Crippen molar-refractivity contribution in [3.63, 3.8) is 0 Å². The minimum atomic E-state index is -0.384. The fourth-order valence-electron chi connectivity index (χ4n) is 4.85. The van der Waals surface area contributed by atoms with Crippen molar-refractivity contribution in [3.8, 4) is 5.75 Å². The third kappa shape index (κ3) is 2.80. The molecule has 0 radical (unpaired) electrons. The lowest BCUT2D eigenvalue weighted by Crippen LogP contribution is -2.41. The van der Waals surface area contributed by atoms with Gasteiger partial charge in [-0.15, -0.1) is 0 Å². The predicted octanol–water partition coefficient (Wildman–Crippen LogP) is 5.25. The Bertz CT molecular complexity index is 780. The number of aryl methyl sites for hydroxylation is 1. The second-order valence-corrected chi connectivity index (χ2v) is 7.08. The van der Waals surface area contributed by atoms with Crippen LogP contribution in [0.2, 0.25) is 0 Å². The fourth-order valence-corrected chi connectivity index (χ4v) is 4.85. The highest BCUT2D eigenvalue weighted by Gasteiger charge is 2.48. The second-order valence-electron chi connectivity index (χ2n) is 7.08. The lowest BCUT2D eigenvalue weighted by atomic mass is 9.60. The van der Waals surface area contributed by atoms with Gasteiger partial charge in [-0.2, -0.15) is 0 Å². The molecule has 25 heavy (non-hydrogen) atoms. The summed E-state index contributed by atoms with van der Waals surface area (Å²) in [5.41, 5.74) is 2.33. The molecule has 1 aliphatic rings. The maximum atomic E-state index is 12.8. The Morgan fingerprint density at radius 1 is 1.20 bits per heavy atom. The van der Waals surface area contributed by atoms with Crippen LogP contribution in [-0.4, -0.2) is 20.2 Å². The zero-order valence-corrected chi connectivity index (χ0v) is 15.7. The van der Waals surface area contributed by atoms with Crippen molar-refractivity contribution in [3.05, 3.63) is 41.5 Å². The quantitative estimate of drug-likeness (QED) is 0.698. The van der Waals surface area contributed by atoms with Gasteiger partial charge in [0.1, 0.15) is 5.75 Å². The largest absolute Gasteiger partial charge is 0.497 e. The standard InChI is InChI=1S/C22H28O3/c1-5-12-22(21(23)25-4)13-11-18-17-10-8-16(24-3)14-15(17)7-9-19(18)20(22)6-2/h7-10,14,20H,5-6,11-13H2,1-4H3. The Kier molecular flexibility index (Phi) is 5.03. The van der Waals surface area contributed by atoms with Gasteiger partial charge >= 0.3 is 5.97 Å². The minimum absolute atomic E-state index is 0.0401. The number of fused-ring (bicyclic) bond motifs is 3. The minimum Gasteiger partial charge on any atom is -0.497 e. The lowest BCUT2D eigenvalue weighted by molar-refractivity contribution is -0.156. The highest BCUT2D eigenvalue weighted by molar-refractivity contribution is 5.89. The third-order valence-corrected chi connectivity index (χ3v) is 5.93. The van der Waals surface area contributed by atoms with Crippen molar-refractivity contribution in [2.24, 2.45) is 5.41 Å². The van der Waals surface area contributed by atoms with E-state index in [4.69, 9.17) is 9.47 Å². The monoisotopic (exact) mass is 340 g/mol. The number of methoxy groups -OCH3 is 2. The SMILES string of the molecule is CCCC1(C(=O)OC)CCc2c(ccc3cc(OC)ccc23)C1CC. The van der Waals surface area contributed by atoms with E-state index in [-0.39, 0.29) is 17.3 Å². The molecule has 134 valence electrons. The lowest BCUT2D eigenvalue weighted by Gasteiger charge is -2.43. The van der Waals surface area contributed by atoms with Gasteiger partial charge in [0.05, 0.1) is 19.6 Å². The Morgan fingerprint density at radius 3 is 2.64 bits per heavy atom. The Labute approximate surface area is 150 Å². The average Bonchev–Trinajstić information content (AvgIpc) is 2.66. The van der Waals surface area contributed by atoms with Gasteiger partial charge in [-0.3, -0.25) is 4.79 Å². The number of hydrogen-bond acceptors (Lipinski definition) is 3. The summed E-state index contributed by atoms with van der Waals surface area (Å²) >= 11 is 0. The highest BCUT2D eigenvalue weighted by Crippen LogP contribution is 2.52. The van der Waals surface area contributed by atoms with Gasteiger partial charge < -0.3 is 9.47 Å². The van der Waals surface area contributed by atoms with E-state index in [0.29, 0.717) is 0 Å². The number of esters is 1. The van der Waals surface area contributed by atoms with E-state index in [0.717, 1.165) is 37.9 Å². The predicted molar refractivity (Wildman–Crippen MR) is 101 cm³/mol. The highest BCUT2D eigenvalue weighted by atomic mass is 16.5. The maximum Gasteiger partial charge on any atom is 0.312 e. The molecule has 2 unspecified atom stereocenters. The molecule has 0 saturated carbocycles. The average molecular weight is 340 g/mol. The molecule has 0 N–H and O–H groups in total. The van der Waals surface area contributed by atoms with Crippen molar-refractivity contribution in [2.45, 2.75) is 51.9 Å². The van der Waals surface area contributed by atoms with Crippen LogP contribution in [0.5, 0.6) is 5.75 Å². The van der Waals surface area contributed by atoms with Gasteiger partial charge in [-0.25, -0.2) is 0 Å². The van der Waals surface area contributed by atoms with Crippen molar-refractivity contribution in [1.29, 1.82) is 0 Å². The van der Waals surface area contributed by atoms with Crippen LogP contribution in [0.1, 0.15) is 56.6 Å². The molecule has 3 nitrogen and oxygen atoms in total. The van der Waals surface area contributed by atoms with Gasteiger partial charge in [0.2, 0.25) is 0 Å². The van der Waals surface area contributed by atoms with Gasteiger partial charge in [0.25, 0.3) is 0 Å². The van der Waals surface area contributed by atoms with E-state index in [1.54, 1.807) is 7.11 Å². The van der Waals surface area contributed by atoms with Crippen LogP contribution in [-0.2, 0) is 16.0 Å². The molecule has 0 fully saturated rings. The fraction of sp³-hybridized carbons (Fsp3) is 0.500. The first-order valence-corrected chi connectivity index (χ1v) is 9.29. The van der Waals surface area contributed by atoms with E-state index >= 15 is 0 Å². The van der Waals surface area contributed by atoms with Crippen LogP contribution >= 0.6 is 0 Å². The normalized spacial score (nSPS) is 22.5. The number of ether oxygens (including phenoxy) is 2. The van der Waals surface area contributed by atoms with Crippen molar-refractivity contribution >= 4 is 16.7 Å². The molecule has 2 aromatic carbocycles. The smallest absolute Gasteiger partial charge is 0.312 e. The summed E-state index contributed by atoms with van der Waals surface area (Å²) in [6, 6.07) is 10.7. The summed E-state index contributed by atoms with van der Waals surface area (Å²) < 4.78 is 10.6. The first-order valence-electron chi connectivity index (χ1n) is 9.29. The first-order chi connectivity index (χ1) is 12.1. The van der Waals surface area contributed by atoms with Crippen LogP contribution in [0.15, 0.2) is 30.3 Å². The van der Waals surface area contributed by atoms with Gasteiger partial charge in [-0.05, 0) is 59.7 Å². The van der Waals surface area contributed by atoms with Gasteiger partial charge in [-0.1, -0.05) is 38.5 Å². The molecule has 0 heterocycles. The molecule has 0 amide bonds. The summed E-state index contributed by atoms with van der Waals surface area (Å²) in [6.45, 7) is 4.34. The summed E-state index contributed by atoms with van der Waals surface area (Å²) in [5.74, 6) is 1.06. The summed E-state index contributed by atoms with van der Waals surface area (Å²) in [4.78, 5) is 12.8. The Balaban J connectivity index is 2.16. The molecule has 0 aromatic heterocycles. The zero-order chi connectivity index (χ0) is 18.0. The van der Waals surface area contributed by atoms with E-state index in [1.807, 2.05) is 6.07 Å². The Morgan fingerprint density at radius 2 is 2.00 bits per heavy atom. The molecule has 1 aliphatic carbocycles. The van der Waals surface area contributed by atoms with E-state index < -0.39 is 0 Å². The zero-order valence-electron chi connectivity index (χ0n) is 15.7. The molecule has 2 aromatic rings. The van der Waals surface area contributed by atoms with Crippen molar-refractivity contribution in [2.75, 3.05) is 14.2 Å². The molecule has 2 atom stereocenters. The second kappa shape index (κ2) is 7.07. The van der Waals surface area contributed by atoms with Crippen LogP contribution in [0, 0.1) is 5.41 Å². The molecule has 3 heteroatoms. The maximum absolute atomic E-state index is 12.8. The summed E-state index contributed by atoms with van der Waals surface area (Å²) in [7, 11) is 3.22. The molecule has 0 bridgehead atoms. The van der Waals surface area contributed by atoms with Gasteiger partial charge in [0.15, 0.2) is 0 Å². The van der Waals surface area contributed by atoms with Crippen LogP contribution < -0.4 is 4.74 Å². The molecule has 3 rings (SSSR count). The summed E-state index contributed by atoms with van der Waals surface area (Å²) in [6.07, 6.45) is 4.61. The molecular weight excluding hydrogens is 312 g/mol. The topological polar surface area (TPSA) is 35.5 Å². The van der Waals surface area contributed by atoms with Crippen LogP contribution in [0.25, 0.3) is 10.8 Å². The number of benzene rings is 2. The number of rotatable bonds is 5. The van der Waals surface area contributed by atoms with E-state index in [1.165, 1.54) is 29.0 Å². The van der Waals surface area contributed by atoms with E-state index in [9.17, 15) is 4.79 Å². The van der Waals surface area contributed by atoms with Gasteiger partial charge in [0, 0.05) is 5.92 Å². The molecule has 0 saturated heterocycles. The number of carbonyl (C=O) groups is 1. The molecular formula is C22H28O3. The van der Waals surface area contributed by atoms with Crippen molar-refractivity contribution < 1.29 is 14.3 Å². The Hall–Kier alpha value is -2.03. The first kappa shape index (κ1) is 17.8. The number of carbonyl (C=O) groups excluding carboxylic acids is 1. The van der Waals surface area contributed by atoms with Crippen molar-refractivity contribution in [1.82, 2.24) is 0 Å². The molecule has 0 spiro atoms. The van der Waals surface area contributed by atoms with Crippen LogP contribution in [0.3, 0.4) is 0 Å². The summed E-state index contributed by atoms with van der Waals surface area (Å²) in [5, 5.41) is 2.49. The van der Waals surface area contributed by atoms with Crippen LogP contribution in [0.4, 0.5) is 0 Å². The molecule has 0 aliphatic heterocycles.